The summed E-state index contributed by atoms with van der Waals surface area (Å²) in [6.07, 6.45) is 3.56. The smallest absolute Gasteiger partial charge is 0.223 e. The molecule has 16 heavy (non-hydrogen) atoms. The zero-order chi connectivity index (χ0) is 12.0. The quantitative estimate of drug-likeness (QED) is 0.683. The standard InChI is InChI=1S/C12H22N2O2/c1-12(2,16-3)8-11(15)14-9-10-4-6-13-7-5-10/h4,13H,5-9H2,1-3H3,(H,14,15). The van der Waals surface area contributed by atoms with E-state index in [0.717, 1.165) is 19.5 Å². The van der Waals surface area contributed by atoms with Gasteiger partial charge in [0, 0.05) is 20.2 Å². The number of hydrogen-bond donors (Lipinski definition) is 2. The molecule has 0 bridgehead atoms. The van der Waals surface area contributed by atoms with E-state index in [9.17, 15) is 4.79 Å². The van der Waals surface area contributed by atoms with Crippen molar-refractivity contribution in [1.82, 2.24) is 10.6 Å². The van der Waals surface area contributed by atoms with Crippen LogP contribution in [0.2, 0.25) is 0 Å². The van der Waals surface area contributed by atoms with Crippen LogP contribution in [0.1, 0.15) is 26.7 Å². The molecule has 0 spiro atoms. The van der Waals surface area contributed by atoms with Crippen molar-refractivity contribution >= 4 is 5.91 Å². The number of carbonyl (C=O) groups is 1. The topological polar surface area (TPSA) is 50.4 Å². The van der Waals surface area contributed by atoms with Gasteiger partial charge in [-0.2, -0.15) is 0 Å². The van der Waals surface area contributed by atoms with Gasteiger partial charge in [-0.15, -0.1) is 0 Å². The van der Waals surface area contributed by atoms with Crippen LogP contribution in [-0.4, -0.2) is 38.3 Å². The number of amides is 1. The van der Waals surface area contributed by atoms with E-state index in [1.165, 1.54) is 5.57 Å². The summed E-state index contributed by atoms with van der Waals surface area (Å²) in [5.74, 6) is 0.0475. The second-order valence-electron chi connectivity index (χ2n) is 4.73. The second-order valence-corrected chi connectivity index (χ2v) is 4.73. The fourth-order valence-electron chi connectivity index (χ4n) is 1.56. The monoisotopic (exact) mass is 226 g/mol. The maximum absolute atomic E-state index is 11.6. The number of rotatable bonds is 5. The van der Waals surface area contributed by atoms with E-state index in [0.29, 0.717) is 13.0 Å². The fraction of sp³-hybridized carbons (Fsp3) is 0.750. The Morgan fingerprint density at radius 2 is 2.38 bits per heavy atom. The summed E-state index contributed by atoms with van der Waals surface area (Å²) in [6.45, 7) is 6.41. The molecular formula is C12H22N2O2. The van der Waals surface area contributed by atoms with Gasteiger partial charge in [-0.3, -0.25) is 4.79 Å². The van der Waals surface area contributed by atoms with Crippen molar-refractivity contribution in [2.24, 2.45) is 0 Å². The Hall–Kier alpha value is -0.870. The molecule has 4 heteroatoms. The fourth-order valence-corrected chi connectivity index (χ4v) is 1.56. The van der Waals surface area contributed by atoms with Crippen molar-refractivity contribution in [3.05, 3.63) is 11.6 Å². The molecule has 0 aliphatic carbocycles. The van der Waals surface area contributed by atoms with Gasteiger partial charge >= 0.3 is 0 Å². The zero-order valence-corrected chi connectivity index (χ0v) is 10.4. The summed E-state index contributed by atoms with van der Waals surface area (Å²) in [4.78, 5) is 11.6. The van der Waals surface area contributed by atoms with E-state index in [-0.39, 0.29) is 11.5 Å². The molecule has 1 aliphatic rings. The lowest BCUT2D eigenvalue weighted by atomic mass is 10.0. The first-order valence-electron chi connectivity index (χ1n) is 5.74. The zero-order valence-electron chi connectivity index (χ0n) is 10.4. The van der Waals surface area contributed by atoms with Gasteiger partial charge in [-0.05, 0) is 26.8 Å². The summed E-state index contributed by atoms with van der Waals surface area (Å²) in [5, 5.41) is 6.17. The first-order valence-corrected chi connectivity index (χ1v) is 5.74. The lowest BCUT2D eigenvalue weighted by molar-refractivity contribution is -0.125. The second kappa shape index (κ2) is 6.01. The molecule has 0 saturated heterocycles. The van der Waals surface area contributed by atoms with Crippen molar-refractivity contribution in [1.29, 1.82) is 0 Å². The predicted octanol–water partition coefficient (Wildman–Crippen LogP) is 0.837. The molecule has 92 valence electrons. The van der Waals surface area contributed by atoms with Crippen LogP contribution in [-0.2, 0) is 9.53 Å². The number of nitrogens with one attached hydrogen (secondary N) is 2. The first kappa shape index (κ1) is 13.2. The third-order valence-corrected chi connectivity index (χ3v) is 2.81. The van der Waals surface area contributed by atoms with Crippen molar-refractivity contribution in [3.63, 3.8) is 0 Å². The third-order valence-electron chi connectivity index (χ3n) is 2.81. The molecule has 0 saturated carbocycles. The van der Waals surface area contributed by atoms with Gasteiger partial charge in [0.1, 0.15) is 0 Å². The number of carbonyl (C=O) groups excluding carboxylic acids is 1. The Morgan fingerprint density at radius 3 is 2.94 bits per heavy atom. The molecular weight excluding hydrogens is 204 g/mol. The molecule has 0 unspecified atom stereocenters. The summed E-state index contributed by atoms with van der Waals surface area (Å²) >= 11 is 0. The van der Waals surface area contributed by atoms with E-state index in [1.54, 1.807) is 7.11 Å². The highest BCUT2D eigenvalue weighted by Crippen LogP contribution is 2.12. The molecule has 1 amide bonds. The van der Waals surface area contributed by atoms with Gasteiger partial charge < -0.3 is 15.4 Å². The van der Waals surface area contributed by atoms with E-state index in [4.69, 9.17) is 4.74 Å². The minimum absolute atomic E-state index is 0.0475. The summed E-state index contributed by atoms with van der Waals surface area (Å²) in [6, 6.07) is 0. The largest absolute Gasteiger partial charge is 0.378 e. The molecule has 1 rings (SSSR count). The molecule has 0 fully saturated rings. The Labute approximate surface area is 97.4 Å². The van der Waals surface area contributed by atoms with Gasteiger partial charge in [-0.25, -0.2) is 0 Å². The van der Waals surface area contributed by atoms with E-state index in [1.807, 2.05) is 13.8 Å². The Morgan fingerprint density at radius 1 is 1.62 bits per heavy atom. The third kappa shape index (κ3) is 4.77. The van der Waals surface area contributed by atoms with Crippen molar-refractivity contribution in [3.8, 4) is 0 Å². The minimum Gasteiger partial charge on any atom is -0.378 e. The minimum atomic E-state index is -0.382. The summed E-state index contributed by atoms with van der Waals surface area (Å²) < 4.78 is 5.21. The van der Waals surface area contributed by atoms with Crippen molar-refractivity contribution in [2.75, 3.05) is 26.7 Å². The molecule has 4 nitrogen and oxygen atoms in total. The molecule has 1 heterocycles. The van der Waals surface area contributed by atoms with Gasteiger partial charge in [0.2, 0.25) is 5.91 Å². The Balaban J connectivity index is 2.27. The average Bonchev–Trinajstić information content (AvgIpc) is 2.27. The Kier molecular flexibility index (Phi) is 4.96. The van der Waals surface area contributed by atoms with Crippen LogP contribution in [0.25, 0.3) is 0 Å². The summed E-state index contributed by atoms with van der Waals surface area (Å²) in [7, 11) is 1.63. The van der Waals surface area contributed by atoms with Crippen molar-refractivity contribution in [2.45, 2.75) is 32.3 Å². The lowest BCUT2D eigenvalue weighted by Crippen LogP contribution is -2.35. The molecule has 0 aromatic heterocycles. The normalized spacial score (nSPS) is 16.8. The van der Waals surface area contributed by atoms with Gasteiger partial charge in [0.25, 0.3) is 0 Å². The van der Waals surface area contributed by atoms with Crippen LogP contribution in [0.3, 0.4) is 0 Å². The van der Waals surface area contributed by atoms with Crippen LogP contribution in [0, 0.1) is 0 Å². The average molecular weight is 226 g/mol. The number of methoxy groups -OCH3 is 1. The van der Waals surface area contributed by atoms with Crippen molar-refractivity contribution < 1.29 is 9.53 Å². The number of ether oxygens (including phenoxy) is 1. The van der Waals surface area contributed by atoms with Gasteiger partial charge in [-0.1, -0.05) is 11.6 Å². The van der Waals surface area contributed by atoms with Gasteiger partial charge in [0.15, 0.2) is 0 Å². The molecule has 0 aromatic rings. The predicted molar refractivity (Wildman–Crippen MR) is 64.3 cm³/mol. The van der Waals surface area contributed by atoms with Gasteiger partial charge in [0.05, 0.1) is 12.0 Å². The first-order chi connectivity index (χ1) is 7.53. The maximum atomic E-state index is 11.6. The molecule has 0 radical (unpaired) electrons. The van der Waals surface area contributed by atoms with E-state index < -0.39 is 0 Å². The highest BCUT2D eigenvalue weighted by atomic mass is 16.5. The highest BCUT2D eigenvalue weighted by Gasteiger charge is 2.20. The SMILES string of the molecule is COC(C)(C)CC(=O)NCC1=CCNCC1. The number of hydrogen-bond acceptors (Lipinski definition) is 3. The van der Waals surface area contributed by atoms with Crippen LogP contribution in [0.4, 0.5) is 0 Å². The maximum Gasteiger partial charge on any atom is 0.223 e. The van der Waals surface area contributed by atoms with Crippen LogP contribution in [0.15, 0.2) is 11.6 Å². The van der Waals surface area contributed by atoms with E-state index >= 15 is 0 Å². The molecule has 2 N–H and O–H groups in total. The molecule has 0 atom stereocenters. The summed E-state index contributed by atoms with van der Waals surface area (Å²) in [5.41, 5.74) is 0.925. The Bertz CT molecular complexity index is 272. The van der Waals surface area contributed by atoms with Crippen LogP contribution < -0.4 is 10.6 Å². The highest BCUT2D eigenvalue weighted by molar-refractivity contribution is 5.77. The van der Waals surface area contributed by atoms with E-state index in [2.05, 4.69) is 16.7 Å². The molecule has 1 aliphatic heterocycles. The lowest BCUT2D eigenvalue weighted by Gasteiger charge is -2.22. The van der Waals surface area contributed by atoms with Crippen LogP contribution >= 0.6 is 0 Å². The molecule has 0 aromatic carbocycles. The van der Waals surface area contributed by atoms with Crippen LogP contribution in [0.5, 0.6) is 0 Å².